The first-order valence-electron chi connectivity index (χ1n) is 4.70. The van der Waals surface area contributed by atoms with Gasteiger partial charge in [0.05, 0.1) is 0 Å². The van der Waals surface area contributed by atoms with E-state index in [9.17, 15) is 0 Å². The van der Waals surface area contributed by atoms with E-state index in [4.69, 9.17) is 0 Å². The fraction of sp³-hybridized carbons (Fsp3) is 0.455. The highest BCUT2D eigenvalue weighted by Gasteiger charge is 1.94. The Balaban J connectivity index is 2.09. The average molecular weight is 195 g/mol. The summed E-state index contributed by atoms with van der Waals surface area (Å²) in [6.45, 7) is 7.93. The Hall–Kier alpha value is -0.600. The first kappa shape index (κ1) is 10.5. The predicted molar refractivity (Wildman–Crippen MR) is 60.2 cm³/mol. The summed E-state index contributed by atoms with van der Waals surface area (Å²) in [5.41, 5.74) is 0. The molecule has 1 N–H and O–H groups in total. The molecule has 1 rings (SSSR count). The number of allylic oxidation sites excluding steroid dienone is 1. The minimum absolute atomic E-state index is 1.01. The molecular weight excluding hydrogens is 178 g/mol. The smallest absolute Gasteiger partial charge is 0.0299 e. The van der Waals surface area contributed by atoms with Gasteiger partial charge in [0.25, 0.3) is 0 Å². The van der Waals surface area contributed by atoms with E-state index < -0.39 is 0 Å². The maximum Gasteiger partial charge on any atom is 0.0299 e. The molecule has 72 valence electrons. The van der Waals surface area contributed by atoms with Gasteiger partial charge in [0, 0.05) is 16.3 Å². The summed E-state index contributed by atoms with van der Waals surface area (Å²) in [6, 6.07) is 4.37. The van der Waals surface area contributed by atoms with Crippen molar-refractivity contribution in [1.82, 2.24) is 5.32 Å². The monoisotopic (exact) mass is 195 g/mol. The summed E-state index contributed by atoms with van der Waals surface area (Å²) in [6.07, 6.45) is 4.27. The van der Waals surface area contributed by atoms with E-state index in [1.54, 1.807) is 0 Å². The van der Waals surface area contributed by atoms with Crippen LogP contribution < -0.4 is 5.32 Å². The number of hydrogen-bond donors (Lipinski definition) is 1. The number of unbranched alkanes of at least 4 members (excludes halogenated alkanes) is 1. The molecule has 0 spiro atoms. The summed E-state index contributed by atoms with van der Waals surface area (Å²) in [5, 5.41) is 3.41. The van der Waals surface area contributed by atoms with Crippen molar-refractivity contribution in [3.8, 4) is 0 Å². The maximum absolute atomic E-state index is 3.69. The van der Waals surface area contributed by atoms with Crippen molar-refractivity contribution < 1.29 is 0 Å². The molecule has 0 aromatic carbocycles. The molecule has 13 heavy (non-hydrogen) atoms. The standard InChI is InChI=1S/C11H17NS/c1-3-4-5-8-12-9-11-7-6-10(2)13-11/h3,6-7,12H,1,4-5,8-9H2,2H3. The van der Waals surface area contributed by atoms with Gasteiger partial charge in [0.15, 0.2) is 0 Å². The normalized spacial score (nSPS) is 10.2. The van der Waals surface area contributed by atoms with Crippen LogP contribution in [0.1, 0.15) is 22.6 Å². The van der Waals surface area contributed by atoms with Gasteiger partial charge in [-0.15, -0.1) is 17.9 Å². The van der Waals surface area contributed by atoms with Gasteiger partial charge in [0.2, 0.25) is 0 Å². The highest BCUT2D eigenvalue weighted by Crippen LogP contribution is 2.14. The SMILES string of the molecule is C=CCCCNCc1ccc(C)s1. The lowest BCUT2D eigenvalue weighted by molar-refractivity contribution is 0.660. The Bertz CT molecular complexity index is 252. The topological polar surface area (TPSA) is 12.0 Å². The summed E-state index contributed by atoms with van der Waals surface area (Å²) < 4.78 is 0. The van der Waals surface area contributed by atoms with Crippen LogP contribution in [0.15, 0.2) is 24.8 Å². The number of thiophene rings is 1. The molecule has 1 aromatic heterocycles. The third kappa shape index (κ3) is 4.25. The summed E-state index contributed by atoms with van der Waals surface area (Å²) in [5.74, 6) is 0. The second kappa shape index (κ2) is 5.95. The van der Waals surface area contributed by atoms with Crippen LogP contribution in [0.5, 0.6) is 0 Å². The van der Waals surface area contributed by atoms with Crippen molar-refractivity contribution in [1.29, 1.82) is 0 Å². The zero-order valence-electron chi connectivity index (χ0n) is 8.18. The second-order valence-electron chi connectivity index (χ2n) is 3.12. The fourth-order valence-corrected chi connectivity index (χ4v) is 2.02. The lowest BCUT2D eigenvalue weighted by atomic mass is 10.3. The van der Waals surface area contributed by atoms with Crippen molar-refractivity contribution in [3.63, 3.8) is 0 Å². The molecule has 0 aliphatic heterocycles. The van der Waals surface area contributed by atoms with Crippen LogP contribution >= 0.6 is 11.3 Å². The van der Waals surface area contributed by atoms with Crippen LogP contribution in [0.3, 0.4) is 0 Å². The highest BCUT2D eigenvalue weighted by atomic mass is 32.1. The fourth-order valence-electron chi connectivity index (χ4n) is 1.16. The molecule has 0 saturated heterocycles. The molecule has 1 nitrogen and oxygen atoms in total. The van der Waals surface area contributed by atoms with Crippen LogP contribution in [-0.2, 0) is 6.54 Å². The molecule has 0 saturated carbocycles. The maximum atomic E-state index is 3.69. The van der Waals surface area contributed by atoms with Gasteiger partial charge in [-0.05, 0) is 38.4 Å². The van der Waals surface area contributed by atoms with Gasteiger partial charge in [-0.25, -0.2) is 0 Å². The van der Waals surface area contributed by atoms with Gasteiger partial charge in [0.1, 0.15) is 0 Å². The number of aryl methyl sites for hydroxylation is 1. The first-order chi connectivity index (χ1) is 6.33. The molecule has 0 atom stereocenters. The van der Waals surface area contributed by atoms with Crippen LogP contribution in [0.4, 0.5) is 0 Å². The number of rotatable bonds is 6. The van der Waals surface area contributed by atoms with Gasteiger partial charge in [-0.2, -0.15) is 0 Å². The quantitative estimate of drug-likeness (QED) is 0.543. The average Bonchev–Trinajstić information content (AvgIpc) is 2.51. The Labute approximate surface area is 84.5 Å². The molecule has 0 aliphatic rings. The molecule has 0 fully saturated rings. The summed E-state index contributed by atoms with van der Waals surface area (Å²) in [4.78, 5) is 2.82. The highest BCUT2D eigenvalue weighted by molar-refractivity contribution is 7.11. The van der Waals surface area contributed by atoms with Crippen molar-refractivity contribution in [3.05, 3.63) is 34.5 Å². The molecule has 0 bridgehead atoms. The number of hydrogen-bond acceptors (Lipinski definition) is 2. The first-order valence-corrected chi connectivity index (χ1v) is 5.51. The largest absolute Gasteiger partial charge is 0.312 e. The molecular formula is C11H17NS. The molecule has 2 heteroatoms. The minimum atomic E-state index is 1.01. The van der Waals surface area contributed by atoms with E-state index >= 15 is 0 Å². The molecule has 1 aromatic rings. The third-order valence-corrected chi connectivity index (χ3v) is 2.86. The van der Waals surface area contributed by atoms with Gasteiger partial charge < -0.3 is 5.32 Å². The van der Waals surface area contributed by atoms with E-state index in [1.165, 1.54) is 16.2 Å². The number of nitrogens with one attached hydrogen (secondary N) is 1. The molecule has 0 radical (unpaired) electrons. The van der Waals surface area contributed by atoms with Crippen LogP contribution in [0.25, 0.3) is 0 Å². The Morgan fingerprint density at radius 2 is 2.38 bits per heavy atom. The van der Waals surface area contributed by atoms with E-state index in [0.717, 1.165) is 19.5 Å². The zero-order valence-corrected chi connectivity index (χ0v) is 8.99. The Morgan fingerprint density at radius 3 is 3.00 bits per heavy atom. The van der Waals surface area contributed by atoms with Crippen molar-refractivity contribution >= 4 is 11.3 Å². The van der Waals surface area contributed by atoms with Crippen LogP contribution in [0.2, 0.25) is 0 Å². The van der Waals surface area contributed by atoms with Crippen LogP contribution in [-0.4, -0.2) is 6.54 Å². The second-order valence-corrected chi connectivity index (χ2v) is 4.49. The van der Waals surface area contributed by atoms with Gasteiger partial charge in [-0.3, -0.25) is 0 Å². The third-order valence-electron chi connectivity index (χ3n) is 1.86. The van der Waals surface area contributed by atoms with Crippen molar-refractivity contribution in [2.24, 2.45) is 0 Å². The van der Waals surface area contributed by atoms with Crippen LogP contribution in [0, 0.1) is 6.92 Å². The van der Waals surface area contributed by atoms with Crippen molar-refractivity contribution in [2.45, 2.75) is 26.3 Å². The molecule has 0 aliphatic carbocycles. The lowest BCUT2D eigenvalue weighted by Crippen LogP contribution is -2.13. The molecule has 0 amide bonds. The summed E-state index contributed by atoms with van der Waals surface area (Å²) >= 11 is 1.87. The predicted octanol–water partition coefficient (Wildman–Crippen LogP) is 3.11. The van der Waals surface area contributed by atoms with E-state index in [1.807, 2.05) is 17.4 Å². The lowest BCUT2D eigenvalue weighted by Gasteiger charge is -2.00. The van der Waals surface area contributed by atoms with E-state index in [-0.39, 0.29) is 0 Å². The Morgan fingerprint density at radius 1 is 1.54 bits per heavy atom. The van der Waals surface area contributed by atoms with Gasteiger partial charge in [-0.1, -0.05) is 6.08 Å². The van der Waals surface area contributed by atoms with E-state index in [2.05, 4.69) is 31.0 Å². The van der Waals surface area contributed by atoms with Crippen molar-refractivity contribution in [2.75, 3.05) is 6.54 Å². The van der Waals surface area contributed by atoms with E-state index in [0.29, 0.717) is 0 Å². The Kier molecular flexibility index (Phi) is 4.79. The molecule has 1 heterocycles. The zero-order chi connectivity index (χ0) is 9.52. The van der Waals surface area contributed by atoms with Gasteiger partial charge >= 0.3 is 0 Å². The summed E-state index contributed by atoms with van der Waals surface area (Å²) in [7, 11) is 0. The molecule has 0 unspecified atom stereocenters. The minimum Gasteiger partial charge on any atom is -0.312 e.